The fourth-order valence-electron chi connectivity index (χ4n) is 3.52. The first kappa shape index (κ1) is 14.7. The van der Waals surface area contributed by atoms with Gasteiger partial charge < -0.3 is 19.8 Å². The van der Waals surface area contributed by atoms with Gasteiger partial charge >= 0.3 is 0 Å². The van der Waals surface area contributed by atoms with Gasteiger partial charge in [-0.2, -0.15) is 0 Å². The highest BCUT2D eigenvalue weighted by Gasteiger charge is 2.43. The van der Waals surface area contributed by atoms with Crippen LogP contribution in [-0.4, -0.2) is 46.1 Å². The molecule has 24 heavy (non-hydrogen) atoms. The van der Waals surface area contributed by atoms with E-state index in [2.05, 4.69) is 10.5 Å². The average Bonchev–Trinajstić information content (AvgIpc) is 3.22. The lowest BCUT2D eigenvalue weighted by Crippen LogP contribution is -2.48. The van der Waals surface area contributed by atoms with Crippen molar-refractivity contribution >= 4 is 11.8 Å². The maximum absolute atomic E-state index is 12.8. The lowest BCUT2D eigenvalue weighted by molar-refractivity contribution is -0.123. The van der Waals surface area contributed by atoms with Crippen LogP contribution in [0.25, 0.3) is 11.3 Å². The minimum Gasteiger partial charge on any atom is -0.508 e. The lowest BCUT2D eigenvalue weighted by Gasteiger charge is -2.35. The first-order valence-electron chi connectivity index (χ1n) is 7.98. The van der Waals surface area contributed by atoms with Crippen LogP contribution in [0.3, 0.4) is 0 Å². The maximum Gasteiger partial charge on any atom is 0.276 e. The first-order chi connectivity index (χ1) is 11.6. The molecule has 2 amide bonds. The van der Waals surface area contributed by atoms with Gasteiger partial charge in [-0.1, -0.05) is 17.3 Å². The molecule has 124 valence electrons. The Morgan fingerprint density at radius 1 is 1.38 bits per heavy atom. The van der Waals surface area contributed by atoms with Gasteiger partial charge in [0.05, 0.1) is 12.0 Å². The van der Waals surface area contributed by atoms with Crippen LogP contribution < -0.4 is 5.32 Å². The second-order valence-electron chi connectivity index (χ2n) is 6.19. The molecule has 2 saturated heterocycles. The molecule has 0 saturated carbocycles. The Hall–Kier alpha value is -2.83. The SMILES string of the molecule is O=C1NC[C@@H]2[C@H]1CCCN2C(=O)c1cc(-c2cccc(O)c2)on1. The minimum absolute atomic E-state index is 0.0260. The Morgan fingerprint density at radius 3 is 3.08 bits per heavy atom. The molecule has 1 aromatic carbocycles. The fourth-order valence-corrected chi connectivity index (χ4v) is 3.52. The molecule has 0 spiro atoms. The number of phenols is 1. The number of aromatic nitrogens is 1. The van der Waals surface area contributed by atoms with E-state index in [0.717, 1.165) is 12.8 Å². The quantitative estimate of drug-likeness (QED) is 0.869. The van der Waals surface area contributed by atoms with E-state index in [0.29, 0.717) is 24.4 Å². The number of benzene rings is 1. The summed E-state index contributed by atoms with van der Waals surface area (Å²) in [7, 11) is 0. The van der Waals surface area contributed by atoms with Crippen molar-refractivity contribution < 1.29 is 19.2 Å². The topological polar surface area (TPSA) is 95.7 Å². The number of nitrogens with one attached hydrogen (secondary N) is 1. The van der Waals surface area contributed by atoms with Gasteiger partial charge in [0.1, 0.15) is 5.75 Å². The van der Waals surface area contributed by atoms with Crippen molar-refractivity contribution in [1.82, 2.24) is 15.4 Å². The van der Waals surface area contributed by atoms with Crippen LogP contribution in [0.4, 0.5) is 0 Å². The van der Waals surface area contributed by atoms with E-state index in [9.17, 15) is 14.7 Å². The second kappa shape index (κ2) is 5.67. The Labute approximate surface area is 138 Å². The van der Waals surface area contributed by atoms with Gasteiger partial charge in [-0.05, 0) is 25.0 Å². The summed E-state index contributed by atoms with van der Waals surface area (Å²) >= 11 is 0. The Balaban J connectivity index is 1.58. The predicted molar refractivity (Wildman–Crippen MR) is 84.2 cm³/mol. The first-order valence-corrected chi connectivity index (χ1v) is 7.98. The molecule has 0 bridgehead atoms. The molecule has 2 aliphatic rings. The van der Waals surface area contributed by atoms with Crippen molar-refractivity contribution in [1.29, 1.82) is 0 Å². The number of amides is 2. The number of fused-ring (bicyclic) bond motifs is 1. The number of phenolic OH excluding ortho intramolecular Hbond substituents is 1. The summed E-state index contributed by atoms with van der Waals surface area (Å²) < 4.78 is 5.26. The monoisotopic (exact) mass is 327 g/mol. The van der Waals surface area contributed by atoms with Crippen LogP contribution in [0.1, 0.15) is 23.3 Å². The van der Waals surface area contributed by atoms with Crippen molar-refractivity contribution in [3.05, 3.63) is 36.0 Å². The molecular formula is C17H17N3O4. The van der Waals surface area contributed by atoms with Gasteiger partial charge in [-0.15, -0.1) is 0 Å². The van der Waals surface area contributed by atoms with Crippen LogP contribution in [-0.2, 0) is 4.79 Å². The highest BCUT2D eigenvalue weighted by atomic mass is 16.5. The smallest absolute Gasteiger partial charge is 0.276 e. The number of aromatic hydroxyl groups is 1. The summed E-state index contributed by atoms with van der Waals surface area (Å²) in [5, 5.41) is 16.3. The van der Waals surface area contributed by atoms with Crippen LogP contribution >= 0.6 is 0 Å². The van der Waals surface area contributed by atoms with E-state index < -0.39 is 0 Å². The van der Waals surface area contributed by atoms with Crippen molar-refractivity contribution in [3.63, 3.8) is 0 Å². The molecule has 0 unspecified atom stereocenters. The highest BCUT2D eigenvalue weighted by molar-refractivity contribution is 5.94. The van der Waals surface area contributed by atoms with Crippen molar-refractivity contribution in [2.75, 3.05) is 13.1 Å². The molecule has 1 aromatic heterocycles. The van der Waals surface area contributed by atoms with E-state index >= 15 is 0 Å². The largest absolute Gasteiger partial charge is 0.508 e. The number of rotatable bonds is 2. The van der Waals surface area contributed by atoms with Gasteiger partial charge in [-0.25, -0.2) is 0 Å². The number of hydrogen-bond donors (Lipinski definition) is 2. The van der Waals surface area contributed by atoms with Crippen molar-refractivity contribution in [2.24, 2.45) is 5.92 Å². The number of likely N-dealkylation sites (tertiary alicyclic amines) is 1. The van der Waals surface area contributed by atoms with Crippen LogP contribution in [0, 0.1) is 5.92 Å². The average molecular weight is 327 g/mol. The maximum atomic E-state index is 12.8. The molecule has 2 aliphatic heterocycles. The van der Waals surface area contributed by atoms with E-state index in [1.807, 2.05) is 0 Å². The van der Waals surface area contributed by atoms with Crippen molar-refractivity contribution in [3.8, 4) is 17.1 Å². The van der Waals surface area contributed by atoms with E-state index in [-0.39, 0.29) is 35.2 Å². The summed E-state index contributed by atoms with van der Waals surface area (Å²) in [6, 6.07) is 8.03. The summed E-state index contributed by atoms with van der Waals surface area (Å²) in [6.07, 6.45) is 1.62. The fraction of sp³-hybridized carbons (Fsp3) is 0.353. The molecule has 0 radical (unpaired) electrons. The standard InChI is InChI=1S/C17H17N3O4/c21-11-4-1-3-10(7-11)15-8-13(19-24-15)17(23)20-6-2-5-12-14(20)9-18-16(12)22/h1,3-4,7-8,12,14,21H,2,5-6,9H2,(H,18,22)/t12-,14-/m1/s1. The minimum atomic E-state index is -0.226. The van der Waals surface area contributed by atoms with E-state index in [1.165, 1.54) is 0 Å². The van der Waals surface area contributed by atoms with Crippen LogP contribution in [0.5, 0.6) is 5.75 Å². The van der Waals surface area contributed by atoms with Gasteiger partial charge in [0.2, 0.25) is 5.91 Å². The van der Waals surface area contributed by atoms with E-state index in [1.54, 1.807) is 35.2 Å². The zero-order chi connectivity index (χ0) is 16.7. The third-order valence-corrected chi connectivity index (χ3v) is 4.72. The Bertz CT molecular complexity index is 801. The number of hydrogen-bond acceptors (Lipinski definition) is 5. The second-order valence-corrected chi connectivity index (χ2v) is 6.19. The molecule has 4 rings (SSSR count). The predicted octanol–water partition coefficient (Wildman–Crippen LogP) is 1.40. The third-order valence-electron chi connectivity index (χ3n) is 4.72. The van der Waals surface area contributed by atoms with Crippen LogP contribution in [0.2, 0.25) is 0 Å². The molecule has 3 heterocycles. The van der Waals surface area contributed by atoms with Gasteiger partial charge in [0.15, 0.2) is 11.5 Å². The van der Waals surface area contributed by atoms with Crippen LogP contribution in [0.15, 0.2) is 34.9 Å². The molecule has 2 N–H and O–H groups in total. The lowest BCUT2D eigenvalue weighted by atomic mass is 9.91. The molecule has 2 aromatic rings. The number of carbonyl (C=O) groups is 2. The van der Waals surface area contributed by atoms with E-state index in [4.69, 9.17) is 4.52 Å². The van der Waals surface area contributed by atoms with Crippen molar-refractivity contribution in [2.45, 2.75) is 18.9 Å². The molecule has 7 nitrogen and oxygen atoms in total. The normalized spacial score (nSPS) is 23.0. The molecule has 2 atom stereocenters. The Morgan fingerprint density at radius 2 is 2.25 bits per heavy atom. The van der Waals surface area contributed by atoms with Gasteiger partial charge in [-0.3, -0.25) is 9.59 Å². The molecule has 0 aliphatic carbocycles. The zero-order valence-electron chi connectivity index (χ0n) is 12.9. The summed E-state index contributed by atoms with van der Waals surface area (Å²) in [5.74, 6) is 0.212. The Kier molecular flexibility index (Phi) is 3.48. The number of carbonyl (C=O) groups excluding carboxylic acids is 2. The van der Waals surface area contributed by atoms with Gasteiger partial charge in [0, 0.05) is 24.7 Å². The molecule has 7 heteroatoms. The summed E-state index contributed by atoms with van der Waals surface area (Å²) in [4.78, 5) is 26.3. The summed E-state index contributed by atoms with van der Waals surface area (Å²) in [6.45, 7) is 1.11. The number of nitrogens with zero attached hydrogens (tertiary/aromatic N) is 2. The van der Waals surface area contributed by atoms with Gasteiger partial charge in [0.25, 0.3) is 5.91 Å². The number of piperidine rings is 1. The summed E-state index contributed by atoms with van der Waals surface area (Å²) in [5.41, 5.74) is 0.865. The molecular weight excluding hydrogens is 310 g/mol. The molecule has 2 fully saturated rings. The highest BCUT2D eigenvalue weighted by Crippen LogP contribution is 2.29. The third kappa shape index (κ3) is 2.42. The zero-order valence-corrected chi connectivity index (χ0v) is 12.9.